The van der Waals surface area contributed by atoms with Gasteiger partial charge in [0.1, 0.15) is 11.7 Å². The number of hydrogen-bond acceptors (Lipinski definition) is 6. The summed E-state index contributed by atoms with van der Waals surface area (Å²) in [6, 6.07) is 1.74. The van der Waals surface area contributed by atoms with Crippen molar-refractivity contribution in [3.63, 3.8) is 0 Å². The zero-order chi connectivity index (χ0) is 13.3. The van der Waals surface area contributed by atoms with Gasteiger partial charge in [-0.05, 0) is 25.8 Å². The molecule has 0 aliphatic heterocycles. The van der Waals surface area contributed by atoms with E-state index in [2.05, 4.69) is 10.1 Å². The lowest BCUT2D eigenvalue weighted by atomic mass is 9.68. The van der Waals surface area contributed by atoms with Gasteiger partial charge in [0.15, 0.2) is 0 Å². The van der Waals surface area contributed by atoms with E-state index in [0.717, 1.165) is 12.0 Å². The largest absolute Gasteiger partial charge is 0.472 e. The maximum atomic E-state index is 12.1. The molecular weight excluding hydrogens is 248 g/mol. The third-order valence-electron chi connectivity index (χ3n) is 3.49. The topological polar surface area (TPSA) is 78.4 Å². The fraction of sp³-hybridized carbons (Fsp3) is 0.462. The fourth-order valence-corrected chi connectivity index (χ4v) is 2.23. The number of furan rings is 1. The summed E-state index contributed by atoms with van der Waals surface area (Å²) in [5, 5.41) is 3.90. The molecule has 2 aromatic rings. The first-order valence-corrected chi connectivity index (χ1v) is 6.30. The summed E-state index contributed by atoms with van der Waals surface area (Å²) in [6.45, 7) is 2.14. The minimum Gasteiger partial charge on any atom is -0.472 e. The maximum Gasteiger partial charge on any atom is 0.321 e. The minimum absolute atomic E-state index is 0.274. The molecule has 0 radical (unpaired) electrons. The van der Waals surface area contributed by atoms with E-state index >= 15 is 0 Å². The van der Waals surface area contributed by atoms with E-state index in [4.69, 9.17) is 13.7 Å². The number of aromatic nitrogens is 2. The van der Waals surface area contributed by atoms with E-state index in [0.29, 0.717) is 31.2 Å². The summed E-state index contributed by atoms with van der Waals surface area (Å²) in [5.74, 6) is 0.497. The summed E-state index contributed by atoms with van der Waals surface area (Å²) in [7, 11) is 0. The average Bonchev–Trinajstić information content (AvgIpc) is 2.97. The van der Waals surface area contributed by atoms with Crippen molar-refractivity contribution >= 4 is 5.97 Å². The van der Waals surface area contributed by atoms with Gasteiger partial charge in [0.05, 0.1) is 18.4 Å². The van der Waals surface area contributed by atoms with Gasteiger partial charge in [-0.25, -0.2) is 0 Å². The molecule has 2 heterocycles. The number of rotatable bonds is 4. The summed E-state index contributed by atoms with van der Waals surface area (Å²) < 4.78 is 15.4. The highest BCUT2D eigenvalue weighted by Crippen LogP contribution is 2.44. The minimum atomic E-state index is -0.745. The third kappa shape index (κ3) is 1.83. The van der Waals surface area contributed by atoms with Crippen molar-refractivity contribution < 1.29 is 18.5 Å². The molecule has 100 valence electrons. The van der Waals surface area contributed by atoms with Crippen LogP contribution in [0.4, 0.5) is 0 Å². The van der Waals surface area contributed by atoms with Crippen LogP contribution in [0.1, 0.15) is 32.1 Å². The number of esters is 1. The lowest BCUT2D eigenvalue weighted by molar-refractivity contribution is -0.155. The van der Waals surface area contributed by atoms with Crippen LogP contribution in [0.25, 0.3) is 11.4 Å². The van der Waals surface area contributed by atoms with Crippen LogP contribution in [-0.2, 0) is 14.9 Å². The molecule has 1 aliphatic rings. The van der Waals surface area contributed by atoms with Crippen LogP contribution in [-0.4, -0.2) is 22.7 Å². The second kappa shape index (κ2) is 4.53. The van der Waals surface area contributed by atoms with Crippen LogP contribution < -0.4 is 0 Å². The molecule has 1 saturated carbocycles. The first-order valence-electron chi connectivity index (χ1n) is 6.30. The number of carbonyl (C=O) groups is 1. The van der Waals surface area contributed by atoms with Gasteiger partial charge in [-0.1, -0.05) is 11.6 Å². The number of ether oxygens (including phenoxy) is 1. The Hall–Kier alpha value is -2.11. The molecule has 0 aromatic carbocycles. The second-order valence-corrected chi connectivity index (χ2v) is 4.59. The Morgan fingerprint density at radius 1 is 1.53 bits per heavy atom. The maximum absolute atomic E-state index is 12.1. The van der Waals surface area contributed by atoms with Crippen LogP contribution in [0.15, 0.2) is 27.5 Å². The molecule has 2 aromatic heterocycles. The molecule has 0 amide bonds. The molecular formula is C13H14N2O4. The highest BCUT2D eigenvalue weighted by Gasteiger charge is 2.52. The van der Waals surface area contributed by atoms with Crippen molar-refractivity contribution in [2.75, 3.05) is 6.61 Å². The van der Waals surface area contributed by atoms with E-state index < -0.39 is 5.41 Å². The Balaban J connectivity index is 1.91. The molecule has 0 unspecified atom stereocenters. The first-order chi connectivity index (χ1) is 9.26. The monoisotopic (exact) mass is 262 g/mol. The molecule has 0 saturated heterocycles. The van der Waals surface area contributed by atoms with Crippen LogP contribution in [0.5, 0.6) is 0 Å². The Kier molecular flexibility index (Phi) is 2.85. The van der Waals surface area contributed by atoms with Gasteiger partial charge in [-0.15, -0.1) is 0 Å². The first kappa shape index (κ1) is 12.0. The predicted molar refractivity (Wildman–Crippen MR) is 64.2 cm³/mol. The molecule has 0 bridgehead atoms. The molecule has 0 N–H and O–H groups in total. The Bertz CT molecular complexity index is 569. The normalized spacial score (nSPS) is 16.9. The van der Waals surface area contributed by atoms with Crippen molar-refractivity contribution in [2.45, 2.75) is 31.6 Å². The molecule has 1 fully saturated rings. The van der Waals surface area contributed by atoms with Crippen molar-refractivity contribution in [2.24, 2.45) is 0 Å². The Morgan fingerprint density at radius 3 is 2.95 bits per heavy atom. The molecule has 3 rings (SSSR count). The number of carbonyl (C=O) groups excluding carboxylic acids is 1. The van der Waals surface area contributed by atoms with Gasteiger partial charge >= 0.3 is 5.97 Å². The predicted octanol–water partition coefficient (Wildman–Crippen LogP) is 2.31. The standard InChI is InChI=1S/C13H14N2O4/c1-2-18-12(16)13(5-3-6-13)11-14-10(15-19-11)9-4-7-17-8-9/h4,7-8H,2-3,5-6H2,1H3. The van der Waals surface area contributed by atoms with Crippen molar-refractivity contribution in [1.29, 1.82) is 0 Å². The second-order valence-electron chi connectivity index (χ2n) is 4.59. The number of nitrogens with zero attached hydrogens (tertiary/aromatic N) is 2. The lowest BCUT2D eigenvalue weighted by Gasteiger charge is -2.35. The van der Waals surface area contributed by atoms with Crippen molar-refractivity contribution in [1.82, 2.24) is 10.1 Å². The van der Waals surface area contributed by atoms with E-state index in [1.54, 1.807) is 13.0 Å². The smallest absolute Gasteiger partial charge is 0.321 e. The van der Waals surface area contributed by atoms with Crippen molar-refractivity contribution in [3.8, 4) is 11.4 Å². The highest BCUT2D eigenvalue weighted by atomic mass is 16.5. The fourth-order valence-electron chi connectivity index (χ4n) is 2.23. The average molecular weight is 262 g/mol. The summed E-state index contributed by atoms with van der Waals surface area (Å²) in [5.41, 5.74) is -0.0151. The zero-order valence-corrected chi connectivity index (χ0v) is 10.6. The van der Waals surface area contributed by atoms with Gasteiger partial charge in [0.25, 0.3) is 0 Å². The van der Waals surface area contributed by atoms with Crippen LogP contribution in [0, 0.1) is 0 Å². The highest BCUT2D eigenvalue weighted by molar-refractivity contribution is 5.83. The Morgan fingerprint density at radius 2 is 2.37 bits per heavy atom. The molecule has 0 spiro atoms. The van der Waals surface area contributed by atoms with Gasteiger partial charge in [0, 0.05) is 0 Å². The molecule has 19 heavy (non-hydrogen) atoms. The van der Waals surface area contributed by atoms with Gasteiger partial charge in [-0.3, -0.25) is 4.79 Å². The van der Waals surface area contributed by atoms with E-state index in [1.807, 2.05) is 0 Å². The van der Waals surface area contributed by atoms with E-state index in [9.17, 15) is 4.79 Å². The van der Waals surface area contributed by atoms with E-state index in [1.165, 1.54) is 12.5 Å². The van der Waals surface area contributed by atoms with Gasteiger partial charge in [-0.2, -0.15) is 4.98 Å². The van der Waals surface area contributed by atoms with Gasteiger partial charge < -0.3 is 13.7 Å². The molecule has 0 atom stereocenters. The third-order valence-corrected chi connectivity index (χ3v) is 3.49. The van der Waals surface area contributed by atoms with Crippen LogP contribution >= 0.6 is 0 Å². The van der Waals surface area contributed by atoms with Crippen molar-refractivity contribution in [3.05, 3.63) is 24.5 Å². The lowest BCUT2D eigenvalue weighted by Crippen LogP contribution is -2.44. The molecule has 6 nitrogen and oxygen atoms in total. The molecule has 6 heteroatoms. The zero-order valence-electron chi connectivity index (χ0n) is 10.6. The SMILES string of the molecule is CCOC(=O)C1(c2nc(-c3ccoc3)no2)CCC1. The Labute approximate surface area is 109 Å². The van der Waals surface area contributed by atoms with Crippen LogP contribution in [0.2, 0.25) is 0 Å². The van der Waals surface area contributed by atoms with Gasteiger partial charge in [0.2, 0.25) is 11.7 Å². The summed E-state index contributed by atoms with van der Waals surface area (Å²) in [4.78, 5) is 16.4. The quantitative estimate of drug-likeness (QED) is 0.787. The summed E-state index contributed by atoms with van der Waals surface area (Å²) in [6.07, 6.45) is 5.42. The number of hydrogen-bond donors (Lipinski definition) is 0. The molecule has 1 aliphatic carbocycles. The van der Waals surface area contributed by atoms with E-state index in [-0.39, 0.29) is 5.97 Å². The van der Waals surface area contributed by atoms with Crippen LogP contribution in [0.3, 0.4) is 0 Å². The summed E-state index contributed by atoms with van der Waals surface area (Å²) >= 11 is 0.